The van der Waals surface area contributed by atoms with Crippen LogP contribution in [0, 0.1) is 0 Å². The minimum absolute atomic E-state index is 0.0920. The highest BCUT2D eigenvalue weighted by Gasteiger charge is 2.31. The molecule has 2 aromatic rings. The van der Waals surface area contributed by atoms with Crippen LogP contribution >= 0.6 is 39.5 Å². The molecule has 4 nitrogen and oxygen atoms in total. The van der Waals surface area contributed by atoms with Crippen LogP contribution in [0.1, 0.15) is 5.56 Å². The van der Waals surface area contributed by atoms with Crippen LogP contribution in [0.25, 0.3) is 6.08 Å². The number of carbonyl (C=O) groups excluding carboxylic acids is 1. The number of hydrogen-bond acceptors (Lipinski definition) is 5. The van der Waals surface area contributed by atoms with Gasteiger partial charge in [0.1, 0.15) is 5.70 Å². The average Bonchev–Trinajstić information content (AvgIpc) is 2.98. The second-order valence-corrected chi connectivity index (χ2v) is 9.33. The Morgan fingerprint density at radius 3 is 2.36 bits per heavy atom. The van der Waals surface area contributed by atoms with Crippen LogP contribution in [-0.4, -0.2) is 42.9 Å². The molecule has 0 fully saturated rings. The summed E-state index contributed by atoms with van der Waals surface area (Å²) >= 11 is 6.85. The molecule has 28 heavy (non-hydrogen) atoms. The van der Waals surface area contributed by atoms with Gasteiger partial charge in [-0.3, -0.25) is 9.69 Å². The number of rotatable bonds is 6. The van der Waals surface area contributed by atoms with Gasteiger partial charge in [-0.25, -0.2) is 4.99 Å². The first-order valence-corrected chi connectivity index (χ1v) is 12.0. The van der Waals surface area contributed by atoms with Crippen molar-refractivity contribution in [2.45, 2.75) is 0 Å². The van der Waals surface area contributed by atoms with E-state index in [1.807, 2.05) is 73.6 Å². The second kappa shape index (κ2) is 9.67. The van der Waals surface area contributed by atoms with E-state index < -0.39 is 0 Å². The van der Waals surface area contributed by atoms with Crippen LogP contribution in [0.2, 0.25) is 0 Å². The molecule has 0 unspecified atom stereocenters. The summed E-state index contributed by atoms with van der Waals surface area (Å²) in [6.07, 6.45) is 3.94. The summed E-state index contributed by atoms with van der Waals surface area (Å²) in [6, 6.07) is 15.8. The van der Waals surface area contributed by atoms with Crippen molar-refractivity contribution in [2.75, 3.05) is 41.7 Å². The Balaban J connectivity index is 1.90. The molecule has 1 heterocycles. The number of anilines is 2. The number of thioether (sulfide) groups is 2. The molecule has 2 aromatic carbocycles. The van der Waals surface area contributed by atoms with Crippen LogP contribution in [0.5, 0.6) is 0 Å². The van der Waals surface area contributed by atoms with Crippen LogP contribution in [0.15, 0.2) is 63.7 Å². The third kappa shape index (κ3) is 5.01. The summed E-state index contributed by atoms with van der Waals surface area (Å²) in [5, 5.41) is 0.734. The first-order valence-electron chi connectivity index (χ1n) is 8.79. The topological polar surface area (TPSA) is 35.9 Å². The van der Waals surface area contributed by atoms with E-state index in [0.717, 1.165) is 38.1 Å². The molecule has 1 aliphatic heterocycles. The minimum Gasteiger partial charge on any atom is -0.378 e. The van der Waals surface area contributed by atoms with E-state index in [-0.39, 0.29) is 5.91 Å². The van der Waals surface area contributed by atoms with Gasteiger partial charge in [0.15, 0.2) is 5.17 Å². The van der Waals surface area contributed by atoms with Crippen molar-refractivity contribution >= 4 is 68.0 Å². The summed E-state index contributed by atoms with van der Waals surface area (Å²) in [4.78, 5) is 21.5. The zero-order chi connectivity index (χ0) is 20.1. The molecule has 3 rings (SSSR count). The molecule has 1 aliphatic rings. The first kappa shape index (κ1) is 21.0. The highest BCUT2D eigenvalue weighted by molar-refractivity contribution is 9.10. The van der Waals surface area contributed by atoms with Crippen molar-refractivity contribution in [2.24, 2.45) is 4.99 Å². The highest BCUT2D eigenvalue weighted by Crippen LogP contribution is 2.30. The van der Waals surface area contributed by atoms with Crippen molar-refractivity contribution in [3.05, 3.63) is 64.3 Å². The van der Waals surface area contributed by atoms with E-state index in [0.29, 0.717) is 5.70 Å². The summed E-state index contributed by atoms with van der Waals surface area (Å²) in [5.41, 5.74) is 3.37. The van der Waals surface area contributed by atoms with E-state index in [1.54, 1.807) is 28.4 Å². The molecular formula is C21H22BrN3OS2. The van der Waals surface area contributed by atoms with Crippen LogP contribution < -0.4 is 9.80 Å². The fourth-order valence-electron chi connectivity index (χ4n) is 2.65. The summed E-state index contributed by atoms with van der Waals surface area (Å²) in [6.45, 7) is 0. The van der Waals surface area contributed by atoms with E-state index in [4.69, 9.17) is 0 Å². The maximum absolute atomic E-state index is 13.1. The molecule has 7 heteroatoms. The fraction of sp³-hybridized carbons (Fsp3) is 0.238. The van der Waals surface area contributed by atoms with Gasteiger partial charge in [0, 0.05) is 35.8 Å². The van der Waals surface area contributed by atoms with Crippen LogP contribution in [-0.2, 0) is 4.79 Å². The number of halogens is 1. The molecule has 0 saturated heterocycles. The van der Waals surface area contributed by atoms with Crippen molar-refractivity contribution < 1.29 is 4.79 Å². The minimum atomic E-state index is -0.0920. The highest BCUT2D eigenvalue weighted by atomic mass is 79.9. The largest absolute Gasteiger partial charge is 0.378 e. The van der Waals surface area contributed by atoms with E-state index in [2.05, 4.69) is 27.2 Å². The Morgan fingerprint density at radius 1 is 1.07 bits per heavy atom. The second-order valence-electron chi connectivity index (χ2n) is 6.37. The quantitative estimate of drug-likeness (QED) is 0.416. The molecule has 0 N–H and O–H groups in total. The molecule has 0 aromatic heterocycles. The lowest BCUT2D eigenvalue weighted by Crippen LogP contribution is -2.30. The van der Waals surface area contributed by atoms with E-state index in [1.165, 1.54) is 0 Å². The smallest absolute Gasteiger partial charge is 0.283 e. The SMILES string of the molecule is CSCCSC1=N/C(=C\c2ccc(N(C)C)cc2)C(=O)N1c1ccc(Br)cc1. The number of nitrogens with zero attached hydrogens (tertiary/aromatic N) is 3. The molecule has 0 atom stereocenters. The predicted molar refractivity (Wildman–Crippen MR) is 129 cm³/mol. The molecule has 0 spiro atoms. The summed E-state index contributed by atoms with van der Waals surface area (Å²) < 4.78 is 0.980. The van der Waals surface area contributed by atoms with Gasteiger partial charge in [-0.15, -0.1) is 0 Å². The zero-order valence-electron chi connectivity index (χ0n) is 16.1. The molecule has 0 radical (unpaired) electrons. The number of aliphatic imine (C=N–C) groups is 1. The Kier molecular flexibility index (Phi) is 7.26. The van der Waals surface area contributed by atoms with E-state index >= 15 is 0 Å². The molecule has 146 valence electrons. The van der Waals surface area contributed by atoms with E-state index in [9.17, 15) is 4.79 Å². The van der Waals surface area contributed by atoms with Gasteiger partial charge in [0.2, 0.25) is 0 Å². The van der Waals surface area contributed by atoms with Gasteiger partial charge in [-0.1, -0.05) is 39.8 Å². The maximum Gasteiger partial charge on any atom is 0.283 e. The lowest BCUT2D eigenvalue weighted by molar-refractivity contribution is -0.113. The number of carbonyl (C=O) groups is 1. The Bertz CT molecular complexity index is 893. The molecule has 0 aliphatic carbocycles. The van der Waals surface area contributed by atoms with Crippen LogP contribution in [0.4, 0.5) is 11.4 Å². The van der Waals surface area contributed by atoms with Crippen molar-refractivity contribution in [3.8, 4) is 0 Å². The number of amidine groups is 1. The van der Waals surface area contributed by atoms with Crippen LogP contribution in [0.3, 0.4) is 0 Å². The fourth-order valence-corrected chi connectivity index (χ4v) is 4.58. The number of amides is 1. The lowest BCUT2D eigenvalue weighted by Gasteiger charge is -2.17. The van der Waals surface area contributed by atoms with Gasteiger partial charge < -0.3 is 4.90 Å². The van der Waals surface area contributed by atoms with Gasteiger partial charge in [0.05, 0.1) is 5.69 Å². The van der Waals surface area contributed by atoms with Gasteiger partial charge in [-0.05, 0) is 54.3 Å². The first-order chi connectivity index (χ1) is 13.5. The van der Waals surface area contributed by atoms with Gasteiger partial charge >= 0.3 is 0 Å². The van der Waals surface area contributed by atoms with Gasteiger partial charge in [0.25, 0.3) is 5.91 Å². The maximum atomic E-state index is 13.1. The third-order valence-corrected chi connectivity index (χ3v) is 6.49. The predicted octanol–water partition coefficient (Wildman–Crippen LogP) is 5.36. The Hall–Kier alpha value is -1.70. The Labute approximate surface area is 183 Å². The molecular weight excluding hydrogens is 454 g/mol. The summed E-state index contributed by atoms with van der Waals surface area (Å²) in [5.74, 6) is 1.83. The monoisotopic (exact) mass is 475 g/mol. The lowest BCUT2D eigenvalue weighted by atomic mass is 10.1. The van der Waals surface area contributed by atoms with Crippen molar-refractivity contribution in [1.82, 2.24) is 0 Å². The molecule has 0 saturated carbocycles. The zero-order valence-corrected chi connectivity index (χ0v) is 19.3. The number of benzene rings is 2. The molecule has 1 amide bonds. The standard InChI is InChI=1S/C21H22BrN3OS2/c1-24(2)17-8-4-15(5-9-17)14-19-20(26)25(18-10-6-16(22)7-11-18)21(23-19)28-13-12-27-3/h4-11,14H,12-13H2,1-3H3/b19-14-. The third-order valence-electron chi connectivity index (χ3n) is 4.15. The summed E-state index contributed by atoms with van der Waals surface area (Å²) in [7, 11) is 4.01. The van der Waals surface area contributed by atoms with Crippen molar-refractivity contribution in [3.63, 3.8) is 0 Å². The Morgan fingerprint density at radius 2 is 1.75 bits per heavy atom. The van der Waals surface area contributed by atoms with Gasteiger partial charge in [-0.2, -0.15) is 11.8 Å². The average molecular weight is 476 g/mol. The normalized spacial score (nSPS) is 15.3. The number of hydrogen-bond donors (Lipinski definition) is 0. The van der Waals surface area contributed by atoms with Crippen molar-refractivity contribution in [1.29, 1.82) is 0 Å². The molecule has 0 bridgehead atoms.